The van der Waals surface area contributed by atoms with E-state index in [2.05, 4.69) is 18.3 Å². The SMILES string of the molecule is Cc1ccccc1NCCCCC(=O)NO. The number of amides is 1. The van der Waals surface area contributed by atoms with Gasteiger partial charge in [-0.25, -0.2) is 5.48 Å². The second kappa shape index (κ2) is 6.85. The van der Waals surface area contributed by atoms with Gasteiger partial charge in [-0.1, -0.05) is 18.2 Å². The average Bonchev–Trinajstić information content (AvgIpc) is 2.30. The Hall–Kier alpha value is -1.55. The lowest BCUT2D eigenvalue weighted by Crippen LogP contribution is -2.18. The van der Waals surface area contributed by atoms with Gasteiger partial charge in [-0.3, -0.25) is 10.0 Å². The molecular formula is C12H18N2O2. The number of unbranched alkanes of at least 4 members (excludes halogenated alkanes) is 1. The number of rotatable bonds is 6. The number of para-hydroxylation sites is 1. The first-order valence-corrected chi connectivity index (χ1v) is 5.46. The van der Waals surface area contributed by atoms with Crippen molar-refractivity contribution in [1.29, 1.82) is 0 Å². The Bertz CT molecular complexity index is 340. The van der Waals surface area contributed by atoms with E-state index in [-0.39, 0.29) is 5.91 Å². The molecule has 0 bridgehead atoms. The van der Waals surface area contributed by atoms with E-state index in [0.717, 1.165) is 25.1 Å². The molecule has 0 heterocycles. The second-order valence-corrected chi connectivity index (χ2v) is 3.73. The van der Waals surface area contributed by atoms with E-state index < -0.39 is 0 Å². The summed E-state index contributed by atoms with van der Waals surface area (Å²) in [7, 11) is 0. The fourth-order valence-corrected chi connectivity index (χ4v) is 1.46. The Balaban J connectivity index is 2.17. The fourth-order valence-electron chi connectivity index (χ4n) is 1.46. The van der Waals surface area contributed by atoms with Crippen molar-refractivity contribution in [3.05, 3.63) is 29.8 Å². The molecule has 1 rings (SSSR count). The van der Waals surface area contributed by atoms with Crippen LogP contribution in [0.3, 0.4) is 0 Å². The van der Waals surface area contributed by atoms with Gasteiger partial charge >= 0.3 is 0 Å². The highest BCUT2D eigenvalue weighted by Crippen LogP contribution is 2.13. The Morgan fingerprint density at radius 1 is 1.31 bits per heavy atom. The molecule has 0 saturated carbocycles. The topological polar surface area (TPSA) is 61.4 Å². The third-order valence-corrected chi connectivity index (χ3v) is 2.42. The third kappa shape index (κ3) is 4.31. The summed E-state index contributed by atoms with van der Waals surface area (Å²) < 4.78 is 0. The first kappa shape index (κ1) is 12.5. The maximum absolute atomic E-state index is 10.7. The Morgan fingerprint density at radius 2 is 2.06 bits per heavy atom. The molecule has 0 radical (unpaired) electrons. The lowest BCUT2D eigenvalue weighted by molar-refractivity contribution is -0.129. The molecule has 0 aliphatic carbocycles. The van der Waals surface area contributed by atoms with Gasteiger partial charge in [0.2, 0.25) is 5.91 Å². The summed E-state index contributed by atoms with van der Waals surface area (Å²) in [6, 6.07) is 8.10. The summed E-state index contributed by atoms with van der Waals surface area (Å²) in [4.78, 5) is 10.7. The molecule has 0 saturated heterocycles. The van der Waals surface area contributed by atoms with Crippen LogP contribution in [0, 0.1) is 6.92 Å². The molecule has 0 aliphatic heterocycles. The quantitative estimate of drug-likeness (QED) is 0.392. The zero-order chi connectivity index (χ0) is 11.8. The van der Waals surface area contributed by atoms with Gasteiger partial charge in [-0.05, 0) is 31.4 Å². The zero-order valence-corrected chi connectivity index (χ0v) is 9.49. The number of aryl methyl sites for hydroxylation is 1. The van der Waals surface area contributed by atoms with Crippen molar-refractivity contribution in [2.75, 3.05) is 11.9 Å². The van der Waals surface area contributed by atoms with E-state index in [1.165, 1.54) is 5.56 Å². The van der Waals surface area contributed by atoms with Crippen LogP contribution in [0.15, 0.2) is 24.3 Å². The van der Waals surface area contributed by atoms with E-state index >= 15 is 0 Å². The third-order valence-electron chi connectivity index (χ3n) is 2.42. The van der Waals surface area contributed by atoms with Gasteiger partial charge in [0.05, 0.1) is 0 Å². The zero-order valence-electron chi connectivity index (χ0n) is 9.49. The van der Waals surface area contributed by atoms with Crippen LogP contribution in [0.25, 0.3) is 0 Å². The monoisotopic (exact) mass is 222 g/mol. The summed E-state index contributed by atoms with van der Waals surface area (Å²) in [5.74, 6) is -0.323. The first-order chi connectivity index (χ1) is 7.74. The summed E-state index contributed by atoms with van der Waals surface area (Å²) in [5.41, 5.74) is 3.97. The summed E-state index contributed by atoms with van der Waals surface area (Å²) in [5, 5.41) is 11.6. The first-order valence-electron chi connectivity index (χ1n) is 5.46. The molecule has 1 aromatic carbocycles. The van der Waals surface area contributed by atoms with Gasteiger partial charge in [-0.2, -0.15) is 0 Å². The Kier molecular flexibility index (Phi) is 5.36. The number of benzene rings is 1. The smallest absolute Gasteiger partial charge is 0.243 e. The van der Waals surface area contributed by atoms with E-state index in [1.807, 2.05) is 18.2 Å². The molecule has 88 valence electrons. The van der Waals surface area contributed by atoms with Gasteiger partial charge in [0, 0.05) is 18.7 Å². The van der Waals surface area contributed by atoms with Crippen molar-refractivity contribution in [2.24, 2.45) is 0 Å². The van der Waals surface area contributed by atoms with Gasteiger partial charge in [0.25, 0.3) is 0 Å². The number of hydrogen-bond acceptors (Lipinski definition) is 3. The minimum atomic E-state index is -0.323. The molecule has 1 aromatic rings. The molecule has 0 unspecified atom stereocenters. The van der Waals surface area contributed by atoms with Crippen LogP contribution in [0.4, 0.5) is 5.69 Å². The van der Waals surface area contributed by atoms with Gasteiger partial charge in [-0.15, -0.1) is 0 Å². The highest BCUT2D eigenvalue weighted by atomic mass is 16.5. The molecule has 0 atom stereocenters. The normalized spacial score (nSPS) is 9.88. The van der Waals surface area contributed by atoms with Crippen LogP contribution in [0.1, 0.15) is 24.8 Å². The van der Waals surface area contributed by atoms with Crippen LogP contribution in [0.5, 0.6) is 0 Å². The summed E-state index contributed by atoms with van der Waals surface area (Å²) in [6.45, 7) is 2.89. The van der Waals surface area contributed by atoms with Crippen molar-refractivity contribution < 1.29 is 10.0 Å². The van der Waals surface area contributed by atoms with Crippen molar-refractivity contribution >= 4 is 11.6 Å². The largest absolute Gasteiger partial charge is 0.385 e. The molecule has 1 amide bonds. The molecule has 4 nitrogen and oxygen atoms in total. The maximum Gasteiger partial charge on any atom is 0.243 e. The van der Waals surface area contributed by atoms with Crippen molar-refractivity contribution in [2.45, 2.75) is 26.2 Å². The minimum absolute atomic E-state index is 0.323. The number of anilines is 1. The van der Waals surface area contributed by atoms with Crippen LogP contribution >= 0.6 is 0 Å². The van der Waals surface area contributed by atoms with Crippen LogP contribution in [0.2, 0.25) is 0 Å². The fraction of sp³-hybridized carbons (Fsp3) is 0.417. The average molecular weight is 222 g/mol. The van der Waals surface area contributed by atoms with Gasteiger partial charge in [0.15, 0.2) is 0 Å². The highest BCUT2D eigenvalue weighted by Gasteiger charge is 1.99. The minimum Gasteiger partial charge on any atom is -0.385 e. The van der Waals surface area contributed by atoms with Gasteiger partial charge in [0.1, 0.15) is 0 Å². The van der Waals surface area contributed by atoms with Crippen molar-refractivity contribution in [1.82, 2.24) is 5.48 Å². The van der Waals surface area contributed by atoms with E-state index in [9.17, 15) is 4.79 Å². The van der Waals surface area contributed by atoms with Crippen LogP contribution in [-0.4, -0.2) is 17.7 Å². The second-order valence-electron chi connectivity index (χ2n) is 3.73. The Labute approximate surface area is 95.6 Å². The van der Waals surface area contributed by atoms with Crippen LogP contribution < -0.4 is 10.8 Å². The maximum atomic E-state index is 10.7. The number of hydroxylamine groups is 1. The van der Waals surface area contributed by atoms with Crippen LogP contribution in [-0.2, 0) is 4.79 Å². The number of carbonyl (C=O) groups is 1. The molecule has 0 aromatic heterocycles. The standard InChI is InChI=1S/C12H18N2O2/c1-10-6-2-3-7-11(10)13-9-5-4-8-12(15)14-16/h2-3,6-7,13,16H,4-5,8-9H2,1H3,(H,14,15). The van der Waals surface area contributed by atoms with Crippen molar-refractivity contribution in [3.8, 4) is 0 Å². The predicted molar refractivity (Wildman–Crippen MR) is 63.4 cm³/mol. The van der Waals surface area contributed by atoms with E-state index in [0.29, 0.717) is 6.42 Å². The molecule has 0 fully saturated rings. The van der Waals surface area contributed by atoms with Crippen molar-refractivity contribution in [3.63, 3.8) is 0 Å². The summed E-state index contributed by atoms with van der Waals surface area (Å²) in [6.07, 6.45) is 2.04. The lowest BCUT2D eigenvalue weighted by atomic mass is 10.2. The number of nitrogens with one attached hydrogen (secondary N) is 2. The molecular weight excluding hydrogens is 204 g/mol. The summed E-state index contributed by atoms with van der Waals surface area (Å²) >= 11 is 0. The number of hydrogen-bond donors (Lipinski definition) is 3. The molecule has 3 N–H and O–H groups in total. The molecule has 4 heteroatoms. The lowest BCUT2D eigenvalue weighted by Gasteiger charge is -2.08. The van der Waals surface area contributed by atoms with Gasteiger partial charge < -0.3 is 5.32 Å². The molecule has 0 spiro atoms. The highest BCUT2D eigenvalue weighted by molar-refractivity contribution is 5.74. The Morgan fingerprint density at radius 3 is 2.75 bits per heavy atom. The molecule has 16 heavy (non-hydrogen) atoms. The predicted octanol–water partition coefficient (Wildman–Crippen LogP) is 2.08. The van der Waals surface area contributed by atoms with E-state index in [1.54, 1.807) is 5.48 Å². The van der Waals surface area contributed by atoms with E-state index in [4.69, 9.17) is 5.21 Å². The number of carbonyl (C=O) groups excluding carboxylic acids is 1. The molecule has 0 aliphatic rings.